The van der Waals surface area contributed by atoms with Gasteiger partial charge in [0.15, 0.2) is 0 Å². The lowest BCUT2D eigenvalue weighted by Crippen LogP contribution is -2.38. The van der Waals surface area contributed by atoms with Gasteiger partial charge < -0.3 is 0 Å². The number of carbonyl (C=O) groups excluding carboxylic acids is 1. The topological polar surface area (TPSA) is 56.1 Å². The Morgan fingerprint density at radius 2 is 1.07 bits per heavy atom. The molecular formula is C36H43NO3S. The first-order chi connectivity index (χ1) is 20.1. The van der Waals surface area contributed by atoms with Crippen molar-refractivity contribution in [3.63, 3.8) is 0 Å². The molecule has 0 amide bonds. The molecule has 4 nitrogen and oxygen atoms in total. The number of unbranched alkanes of at least 4 members (excludes halogenated alkanes) is 14. The van der Waals surface area contributed by atoms with Gasteiger partial charge in [0.1, 0.15) is 0 Å². The molecule has 0 aliphatic carbocycles. The van der Waals surface area contributed by atoms with Gasteiger partial charge in [0, 0.05) is 37.4 Å². The molecular weight excluding hydrogens is 526 g/mol. The predicted octanol–water partition coefficient (Wildman–Crippen LogP) is 10.2. The number of rotatable bonds is 16. The molecule has 0 bridgehead atoms. The van der Waals surface area contributed by atoms with E-state index in [1.165, 1.54) is 77.0 Å². The highest BCUT2D eigenvalue weighted by atomic mass is 32.1. The molecule has 0 radical (unpaired) electrons. The van der Waals surface area contributed by atoms with Gasteiger partial charge in [-0.05, 0) is 41.5 Å². The molecule has 0 aliphatic heterocycles. The predicted molar refractivity (Wildman–Crippen MR) is 176 cm³/mol. The highest BCUT2D eigenvalue weighted by Gasteiger charge is 2.20. The third-order valence-corrected chi connectivity index (χ3v) is 9.77. The molecule has 41 heavy (non-hydrogen) atoms. The van der Waals surface area contributed by atoms with Crippen molar-refractivity contribution in [3.8, 4) is 0 Å². The van der Waals surface area contributed by atoms with Crippen LogP contribution in [0.5, 0.6) is 0 Å². The highest BCUT2D eigenvalue weighted by Crippen LogP contribution is 2.39. The van der Waals surface area contributed by atoms with Crippen molar-refractivity contribution in [1.29, 1.82) is 0 Å². The molecule has 0 N–H and O–H groups in total. The number of aromatic nitrogens is 1. The molecule has 2 aromatic heterocycles. The van der Waals surface area contributed by atoms with E-state index in [4.69, 9.17) is 0 Å². The maximum Gasteiger partial charge on any atom is 0.268 e. The zero-order chi connectivity index (χ0) is 28.6. The molecule has 3 aromatic carbocycles. The molecule has 0 atom stereocenters. The van der Waals surface area contributed by atoms with E-state index in [0.29, 0.717) is 22.6 Å². The maximum absolute atomic E-state index is 13.5. The second kappa shape index (κ2) is 14.2. The van der Waals surface area contributed by atoms with Gasteiger partial charge in [0.2, 0.25) is 5.91 Å². The fourth-order valence-corrected chi connectivity index (χ4v) is 7.47. The van der Waals surface area contributed by atoms with Crippen LogP contribution >= 0.6 is 11.3 Å². The second-order valence-corrected chi connectivity index (χ2v) is 12.7. The number of carbonyl (C=O) groups is 1. The van der Waals surface area contributed by atoms with Gasteiger partial charge in [-0.2, -0.15) is 0 Å². The van der Waals surface area contributed by atoms with Crippen LogP contribution in [-0.2, 0) is 0 Å². The van der Waals surface area contributed by atoms with Crippen LogP contribution in [0.15, 0.2) is 58.1 Å². The minimum atomic E-state index is -0.485. The Balaban J connectivity index is 1.14. The number of hydrogen-bond acceptors (Lipinski definition) is 4. The maximum atomic E-state index is 13.5. The Morgan fingerprint density at radius 3 is 1.68 bits per heavy atom. The van der Waals surface area contributed by atoms with Crippen molar-refractivity contribution < 1.29 is 4.79 Å². The first kappa shape index (κ1) is 29.4. The summed E-state index contributed by atoms with van der Waals surface area (Å²) in [5, 5.41) is 4.68. The lowest BCUT2D eigenvalue weighted by atomic mass is 9.97. The van der Waals surface area contributed by atoms with E-state index >= 15 is 0 Å². The van der Waals surface area contributed by atoms with Crippen molar-refractivity contribution in [3.05, 3.63) is 69.2 Å². The number of benzene rings is 3. The Bertz CT molecular complexity index is 1700. The molecule has 0 unspecified atom stereocenters. The van der Waals surface area contributed by atoms with E-state index in [9.17, 15) is 14.4 Å². The van der Waals surface area contributed by atoms with Gasteiger partial charge in [-0.15, -0.1) is 11.3 Å². The summed E-state index contributed by atoms with van der Waals surface area (Å²) in [4.78, 5) is 40.1. The van der Waals surface area contributed by atoms with Crippen molar-refractivity contribution in [2.24, 2.45) is 0 Å². The molecule has 0 fully saturated rings. The van der Waals surface area contributed by atoms with Crippen LogP contribution in [-0.4, -0.2) is 10.5 Å². The van der Waals surface area contributed by atoms with Crippen LogP contribution in [0.3, 0.4) is 0 Å². The Hall–Kier alpha value is -3.05. The largest absolute Gasteiger partial charge is 0.274 e. The molecule has 0 saturated heterocycles. The van der Waals surface area contributed by atoms with Gasteiger partial charge in [-0.3, -0.25) is 14.4 Å². The summed E-state index contributed by atoms with van der Waals surface area (Å²) in [5.41, 5.74) is -0.970. The summed E-state index contributed by atoms with van der Waals surface area (Å²) >= 11 is 1.66. The van der Waals surface area contributed by atoms with Gasteiger partial charge in [-0.1, -0.05) is 121 Å². The summed E-state index contributed by atoms with van der Waals surface area (Å²) in [6.07, 6.45) is 19.0. The number of pyridine rings is 1. The molecule has 5 aromatic rings. The minimum absolute atomic E-state index is 0.230. The van der Waals surface area contributed by atoms with E-state index < -0.39 is 11.1 Å². The van der Waals surface area contributed by atoms with Gasteiger partial charge >= 0.3 is 0 Å². The average Bonchev–Trinajstić information content (AvgIpc) is 2.99. The monoisotopic (exact) mass is 569 g/mol. The Morgan fingerprint density at radius 1 is 0.561 bits per heavy atom. The SMILES string of the molecule is CCCCCCCCCCCCCCCCCC(=O)n1c(=O)c2ccc3sc4ccccc4c4ccc(c1=O)c2c34. The van der Waals surface area contributed by atoms with Crippen LogP contribution in [0.1, 0.15) is 114 Å². The van der Waals surface area contributed by atoms with E-state index in [2.05, 4.69) is 19.1 Å². The summed E-state index contributed by atoms with van der Waals surface area (Å²) in [6, 6.07) is 15.7. The lowest BCUT2D eigenvalue weighted by Gasteiger charge is -2.13. The van der Waals surface area contributed by atoms with Crippen molar-refractivity contribution in [1.82, 2.24) is 4.57 Å². The number of fused-ring (bicyclic) bond motifs is 2. The Labute approximate surface area is 246 Å². The normalized spacial score (nSPS) is 11.9. The van der Waals surface area contributed by atoms with Crippen molar-refractivity contribution >= 4 is 59.0 Å². The summed E-state index contributed by atoms with van der Waals surface area (Å²) in [5.74, 6) is -0.381. The van der Waals surface area contributed by atoms with Crippen LogP contribution in [0.25, 0.3) is 41.7 Å². The second-order valence-electron chi connectivity index (χ2n) is 11.7. The number of nitrogens with zero attached hydrogens (tertiary/aromatic N) is 1. The molecule has 0 aliphatic rings. The zero-order valence-electron chi connectivity index (χ0n) is 24.5. The molecule has 216 valence electrons. The van der Waals surface area contributed by atoms with E-state index in [-0.39, 0.29) is 12.3 Å². The molecule has 0 saturated carbocycles. The van der Waals surface area contributed by atoms with Gasteiger partial charge in [-0.25, -0.2) is 4.57 Å². The van der Waals surface area contributed by atoms with Crippen molar-refractivity contribution in [2.45, 2.75) is 110 Å². The first-order valence-corrected chi connectivity index (χ1v) is 16.7. The van der Waals surface area contributed by atoms with Crippen LogP contribution < -0.4 is 11.1 Å². The van der Waals surface area contributed by atoms with Crippen LogP contribution in [0.2, 0.25) is 0 Å². The average molecular weight is 570 g/mol. The van der Waals surface area contributed by atoms with Crippen LogP contribution in [0.4, 0.5) is 0 Å². The first-order valence-electron chi connectivity index (χ1n) is 15.9. The van der Waals surface area contributed by atoms with E-state index in [0.717, 1.165) is 43.0 Å². The summed E-state index contributed by atoms with van der Waals surface area (Å²) in [7, 11) is 0. The number of hydrogen-bond donors (Lipinski definition) is 0. The minimum Gasteiger partial charge on any atom is -0.274 e. The van der Waals surface area contributed by atoms with Gasteiger partial charge in [0.25, 0.3) is 11.1 Å². The summed E-state index contributed by atoms with van der Waals surface area (Å²) < 4.78 is 3.10. The van der Waals surface area contributed by atoms with E-state index in [1.54, 1.807) is 23.5 Å². The van der Waals surface area contributed by atoms with Crippen LogP contribution in [0, 0.1) is 0 Å². The molecule has 5 rings (SSSR count). The third-order valence-electron chi connectivity index (χ3n) is 8.63. The highest BCUT2D eigenvalue weighted by molar-refractivity contribution is 7.25. The smallest absolute Gasteiger partial charge is 0.268 e. The Kier molecular flexibility index (Phi) is 10.2. The standard InChI is InChI=1S/C36H43NO3S/c1-2-3-4-5-6-7-8-9-10-11-12-13-14-15-16-21-32(38)37-35(39)28-23-22-27-26-19-17-18-20-30(26)41-31-25-24-29(36(37)40)33(28)34(27)31/h17-20,22-25H,2-16,21H2,1H3. The third kappa shape index (κ3) is 6.56. The molecule has 0 spiro atoms. The molecule has 2 heterocycles. The lowest BCUT2D eigenvalue weighted by molar-refractivity contribution is 0.0892. The molecule has 5 heteroatoms. The zero-order valence-corrected chi connectivity index (χ0v) is 25.3. The summed E-state index contributed by atoms with van der Waals surface area (Å²) in [6.45, 7) is 2.27. The quantitative estimate of drug-likeness (QED) is 0.0675. The fourth-order valence-electron chi connectivity index (χ4n) is 6.35. The van der Waals surface area contributed by atoms with Crippen molar-refractivity contribution in [2.75, 3.05) is 0 Å². The van der Waals surface area contributed by atoms with E-state index in [1.807, 2.05) is 24.3 Å². The fraction of sp³-hybridized carbons (Fsp3) is 0.472. The van der Waals surface area contributed by atoms with Gasteiger partial charge in [0.05, 0.1) is 0 Å².